The fraction of sp³-hybridized carbons (Fsp3) is 0.375. The fourth-order valence-corrected chi connectivity index (χ4v) is 2.25. The molecule has 23 heavy (non-hydrogen) atoms. The van der Waals surface area contributed by atoms with Crippen molar-refractivity contribution in [1.82, 2.24) is 14.8 Å². The third-order valence-corrected chi connectivity index (χ3v) is 3.40. The summed E-state index contributed by atoms with van der Waals surface area (Å²) in [6.07, 6.45) is 3.63. The molecule has 7 heteroatoms. The van der Waals surface area contributed by atoms with E-state index in [1.54, 1.807) is 17.7 Å². The van der Waals surface area contributed by atoms with Crippen LogP contribution in [0.1, 0.15) is 35.3 Å². The highest BCUT2D eigenvalue weighted by molar-refractivity contribution is 5.97. The summed E-state index contributed by atoms with van der Waals surface area (Å²) in [5.41, 5.74) is 7.50. The minimum atomic E-state index is -0.460. The number of nitrogens with zero attached hydrogens (tertiary/aromatic N) is 4. The molecule has 2 heterocycles. The van der Waals surface area contributed by atoms with Crippen LogP contribution in [0.3, 0.4) is 0 Å². The van der Waals surface area contributed by atoms with Gasteiger partial charge in [-0.25, -0.2) is 14.5 Å². The van der Waals surface area contributed by atoms with Gasteiger partial charge in [-0.15, -0.1) is 0 Å². The molecule has 0 bridgehead atoms. The molecule has 0 aliphatic carbocycles. The Kier molecular flexibility index (Phi) is 5.31. The van der Waals surface area contributed by atoms with E-state index in [2.05, 4.69) is 22.7 Å². The minimum absolute atomic E-state index is 0.143. The topological polar surface area (TPSA) is 107 Å². The number of anilines is 1. The maximum Gasteiger partial charge on any atom is 0.340 e. The summed E-state index contributed by atoms with van der Waals surface area (Å²) >= 11 is 0. The monoisotopic (exact) mass is 313 g/mol. The van der Waals surface area contributed by atoms with Gasteiger partial charge in [-0.1, -0.05) is 12.7 Å². The summed E-state index contributed by atoms with van der Waals surface area (Å²) in [5.74, 6) is -0.136. The van der Waals surface area contributed by atoms with E-state index >= 15 is 0 Å². The first-order chi connectivity index (χ1) is 11.1. The van der Waals surface area contributed by atoms with Gasteiger partial charge in [0.1, 0.15) is 6.61 Å². The molecular weight excluding hydrogens is 294 g/mol. The fourth-order valence-electron chi connectivity index (χ4n) is 2.25. The normalized spacial score (nSPS) is 10.4. The van der Waals surface area contributed by atoms with Crippen molar-refractivity contribution >= 4 is 22.8 Å². The first kappa shape index (κ1) is 16.5. The van der Waals surface area contributed by atoms with Gasteiger partial charge in [-0.2, -0.15) is 10.4 Å². The highest BCUT2D eigenvalue weighted by atomic mass is 16.5. The number of pyridine rings is 1. The Hall–Kier alpha value is -2.88. The van der Waals surface area contributed by atoms with Gasteiger partial charge in [0.15, 0.2) is 11.5 Å². The number of aromatic nitrogens is 3. The molecule has 2 rings (SSSR count). The van der Waals surface area contributed by atoms with Crippen LogP contribution in [-0.4, -0.2) is 27.3 Å². The van der Waals surface area contributed by atoms with Crippen LogP contribution < -0.4 is 5.73 Å². The van der Waals surface area contributed by atoms with E-state index in [1.165, 1.54) is 6.08 Å². The summed E-state index contributed by atoms with van der Waals surface area (Å²) in [7, 11) is 0. The summed E-state index contributed by atoms with van der Waals surface area (Å²) in [6.45, 7) is 6.02. The Balaban J connectivity index is 2.30. The van der Waals surface area contributed by atoms with Crippen LogP contribution in [-0.2, 0) is 11.3 Å². The first-order valence-corrected chi connectivity index (χ1v) is 7.37. The van der Waals surface area contributed by atoms with Crippen LogP contribution in [0, 0.1) is 18.3 Å². The van der Waals surface area contributed by atoms with E-state index in [-0.39, 0.29) is 6.61 Å². The second kappa shape index (κ2) is 7.40. The number of fused-ring (bicyclic) bond motifs is 1. The average Bonchev–Trinajstić information content (AvgIpc) is 2.84. The van der Waals surface area contributed by atoms with Crippen molar-refractivity contribution in [2.24, 2.45) is 0 Å². The molecule has 0 spiro atoms. The average molecular weight is 313 g/mol. The number of unbranched alkanes of at least 4 members (excludes halogenated alkanes) is 2. The predicted octanol–water partition coefficient (Wildman–Crippen LogP) is 2.36. The van der Waals surface area contributed by atoms with E-state index < -0.39 is 5.97 Å². The molecule has 0 aliphatic rings. The van der Waals surface area contributed by atoms with E-state index in [0.29, 0.717) is 41.1 Å². The third kappa shape index (κ3) is 3.66. The van der Waals surface area contributed by atoms with E-state index in [0.717, 1.165) is 12.8 Å². The number of hydrogen-bond donors (Lipinski definition) is 1. The van der Waals surface area contributed by atoms with Crippen molar-refractivity contribution in [2.75, 3.05) is 12.3 Å². The molecule has 0 unspecified atom stereocenters. The zero-order chi connectivity index (χ0) is 16.8. The van der Waals surface area contributed by atoms with Gasteiger partial charge in [-0.3, -0.25) is 0 Å². The molecule has 0 atom stereocenters. The van der Waals surface area contributed by atoms with Crippen molar-refractivity contribution in [1.29, 1.82) is 5.26 Å². The van der Waals surface area contributed by atoms with Gasteiger partial charge >= 0.3 is 5.97 Å². The summed E-state index contributed by atoms with van der Waals surface area (Å²) in [6, 6.07) is 3.78. The molecule has 0 saturated heterocycles. The van der Waals surface area contributed by atoms with Gasteiger partial charge in [0, 0.05) is 13.0 Å². The molecule has 0 aromatic carbocycles. The Bertz CT molecular complexity index is 773. The smallest absolute Gasteiger partial charge is 0.340 e. The second-order valence-corrected chi connectivity index (χ2v) is 5.10. The van der Waals surface area contributed by atoms with E-state index in [4.69, 9.17) is 15.7 Å². The molecule has 7 nitrogen and oxygen atoms in total. The van der Waals surface area contributed by atoms with Crippen LogP contribution in [0.15, 0.2) is 18.7 Å². The first-order valence-electron chi connectivity index (χ1n) is 7.37. The molecule has 0 amide bonds. The van der Waals surface area contributed by atoms with Crippen LogP contribution in [0.5, 0.6) is 0 Å². The van der Waals surface area contributed by atoms with Gasteiger partial charge in [0.05, 0.1) is 22.7 Å². The highest BCUT2D eigenvalue weighted by Gasteiger charge is 2.17. The van der Waals surface area contributed by atoms with Gasteiger partial charge in [-0.05, 0) is 25.8 Å². The number of aryl methyl sites for hydroxylation is 2. The summed E-state index contributed by atoms with van der Waals surface area (Å²) in [5, 5.41) is 13.5. The van der Waals surface area contributed by atoms with Crippen molar-refractivity contribution in [3.05, 3.63) is 30.0 Å². The number of nitriles is 1. The minimum Gasteiger partial charge on any atom is -0.458 e. The molecule has 0 saturated carbocycles. The highest BCUT2D eigenvalue weighted by Crippen LogP contribution is 2.23. The van der Waals surface area contributed by atoms with Crippen molar-refractivity contribution < 1.29 is 9.53 Å². The van der Waals surface area contributed by atoms with Crippen LogP contribution in [0.2, 0.25) is 0 Å². The van der Waals surface area contributed by atoms with Gasteiger partial charge < -0.3 is 10.5 Å². The Morgan fingerprint density at radius 1 is 1.57 bits per heavy atom. The number of rotatable bonds is 7. The lowest BCUT2D eigenvalue weighted by Crippen LogP contribution is -2.09. The molecule has 2 N–H and O–H groups in total. The zero-order valence-electron chi connectivity index (χ0n) is 13.1. The standard InChI is InChI=1S/C16H19N5O2/c1-3-9-23-16(22)12-10-13-14(18)20-21(8-6-4-5-7-17)15(13)19-11(12)2/h3,10H,1,4-6,8-9H2,2H3,(H2,18,20). The molecule has 2 aromatic heterocycles. The Morgan fingerprint density at radius 2 is 2.35 bits per heavy atom. The Morgan fingerprint density at radius 3 is 3.04 bits per heavy atom. The van der Waals surface area contributed by atoms with Crippen molar-refractivity contribution in [3.8, 4) is 6.07 Å². The quantitative estimate of drug-likeness (QED) is 0.477. The van der Waals surface area contributed by atoms with Gasteiger partial charge in [0.2, 0.25) is 0 Å². The van der Waals surface area contributed by atoms with Crippen LogP contribution >= 0.6 is 0 Å². The molecule has 0 aliphatic heterocycles. The zero-order valence-corrected chi connectivity index (χ0v) is 13.1. The van der Waals surface area contributed by atoms with Crippen LogP contribution in [0.25, 0.3) is 11.0 Å². The van der Waals surface area contributed by atoms with Crippen LogP contribution in [0.4, 0.5) is 5.82 Å². The summed E-state index contributed by atoms with van der Waals surface area (Å²) in [4.78, 5) is 16.5. The molecule has 2 aromatic rings. The lowest BCUT2D eigenvalue weighted by atomic mass is 10.1. The Labute approximate surface area is 134 Å². The maximum atomic E-state index is 12.0. The predicted molar refractivity (Wildman–Crippen MR) is 86.6 cm³/mol. The van der Waals surface area contributed by atoms with E-state index in [1.807, 2.05) is 0 Å². The number of esters is 1. The number of ether oxygens (including phenoxy) is 1. The third-order valence-electron chi connectivity index (χ3n) is 3.40. The number of nitrogens with two attached hydrogens (primary N) is 1. The maximum absolute atomic E-state index is 12.0. The van der Waals surface area contributed by atoms with Crippen molar-refractivity contribution in [2.45, 2.75) is 32.7 Å². The molecule has 120 valence electrons. The largest absolute Gasteiger partial charge is 0.458 e. The van der Waals surface area contributed by atoms with Crippen molar-refractivity contribution in [3.63, 3.8) is 0 Å². The SMILES string of the molecule is C=CCOC(=O)c1cc2c(N)nn(CCCCC#N)c2nc1C. The molecule has 0 fully saturated rings. The number of hydrogen-bond acceptors (Lipinski definition) is 6. The number of nitrogen functional groups attached to an aromatic ring is 1. The number of carbonyl (C=O) groups is 1. The van der Waals surface area contributed by atoms with E-state index in [9.17, 15) is 4.79 Å². The molecule has 0 radical (unpaired) electrons. The second-order valence-electron chi connectivity index (χ2n) is 5.10. The number of carbonyl (C=O) groups excluding carboxylic acids is 1. The van der Waals surface area contributed by atoms with Gasteiger partial charge in [0.25, 0.3) is 0 Å². The lowest BCUT2D eigenvalue weighted by Gasteiger charge is -2.06. The molecular formula is C16H19N5O2. The lowest BCUT2D eigenvalue weighted by molar-refractivity contribution is 0.0548. The summed E-state index contributed by atoms with van der Waals surface area (Å²) < 4.78 is 6.77.